The topological polar surface area (TPSA) is 64.1 Å². The van der Waals surface area contributed by atoms with Gasteiger partial charge in [0.15, 0.2) is 5.69 Å². The Morgan fingerprint density at radius 3 is 3.05 bits per heavy atom. The van der Waals surface area contributed by atoms with Crippen molar-refractivity contribution in [3.05, 3.63) is 23.0 Å². The normalized spacial score (nSPS) is 22.0. The Kier molecular flexibility index (Phi) is 3.73. The van der Waals surface area contributed by atoms with Crippen LogP contribution in [0.4, 0.5) is 0 Å². The maximum atomic E-state index is 12.0. The van der Waals surface area contributed by atoms with E-state index in [1.165, 1.54) is 18.4 Å². The van der Waals surface area contributed by atoms with Crippen molar-refractivity contribution in [3.63, 3.8) is 0 Å². The van der Waals surface area contributed by atoms with Crippen LogP contribution in [-0.4, -0.2) is 35.4 Å². The Bertz CT molecular complexity index is 470. The summed E-state index contributed by atoms with van der Waals surface area (Å²) < 4.78 is 5.48. The number of carbonyl (C=O) groups is 1. The second-order valence-electron chi connectivity index (χ2n) is 5.25. The number of hydrogen-bond acceptors (Lipinski definition) is 4. The predicted molar refractivity (Wildman–Crippen MR) is 70.0 cm³/mol. The first-order chi connectivity index (χ1) is 9.33. The van der Waals surface area contributed by atoms with Crippen LogP contribution in [0.2, 0.25) is 0 Å². The Hall–Kier alpha value is -1.49. The van der Waals surface area contributed by atoms with Crippen molar-refractivity contribution in [2.45, 2.75) is 44.6 Å². The number of rotatable bonds is 3. The van der Waals surface area contributed by atoms with Crippen molar-refractivity contribution >= 4 is 5.91 Å². The molecule has 5 nitrogen and oxygen atoms in total. The Morgan fingerprint density at radius 1 is 1.32 bits per heavy atom. The van der Waals surface area contributed by atoms with Gasteiger partial charge in [0.05, 0.1) is 11.8 Å². The molecule has 1 aromatic rings. The lowest BCUT2D eigenvalue weighted by atomic mass is 9.96. The summed E-state index contributed by atoms with van der Waals surface area (Å²) in [6.07, 6.45) is 6.61. The molecule has 0 saturated carbocycles. The van der Waals surface area contributed by atoms with Crippen LogP contribution in [0, 0.1) is 0 Å². The minimum absolute atomic E-state index is 0.142. The van der Waals surface area contributed by atoms with E-state index < -0.39 is 0 Å². The number of hydrogen-bond donors (Lipinski definition) is 1. The van der Waals surface area contributed by atoms with Crippen LogP contribution in [0.3, 0.4) is 0 Å². The van der Waals surface area contributed by atoms with Crippen molar-refractivity contribution in [1.29, 1.82) is 0 Å². The number of aryl methyl sites for hydroxylation is 2. The minimum atomic E-state index is -0.142. The number of amides is 1. The van der Waals surface area contributed by atoms with Gasteiger partial charge in [-0.3, -0.25) is 4.79 Å². The molecule has 3 rings (SSSR count). The van der Waals surface area contributed by atoms with Crippen molar-refractivity contribution in [1.82, 2.24) is 15.5 Å². The smallest absolute Gasteiger partial charge is 0.271 e. The lowest BCUT2D eigenvalue weighted by Crippen LogP contribution is -2.32. The van der Waals surface area contributed by atoms with Crippen LogP contribution in [-0.2, 0) is 17.6 Å². The van der Waals surface area contributed by atoms with E-state index in [1.54, 1.807) is 0 Å². The number of fused-ring (bicyclic) bond motifs is 1. The number of carbonyl (C=O) groups excluding carboxylic acids is 1. The second kappa shape index (κ2) is 5.65. The monoisotopic (exact) mass is 261 g/mol. The molecule has 1 saturated heterocycles. The summed E-state index contributed by atoms with van der Waals surface area (Å²) in [5, 5.41) is 11.1. The molecule has 1 N–H and O–H groups in total. The van der Waals surface area contributed by atoms with Crippen LogP contribution >= 0.6 is 0 Å². The molecule has 5 heteroatoms. The van der Waals surface area contributed by atoms with Gasteiger partial charge in [-0.25, -0.2) is 0 Å². The molecule has 1 amide bonds. The van der Waals surface area contributed by atoms with Crippen molar-refractivity contribution in [2.24, 2.45) is 0 Å². The Labute approximate surface area is 112 Å². The molecular formula is C14H19N3O2. The van der Waals surface area contributed by atoms with Gasteiger partial charge in [0.1, 0.15) is 0 Å². The first-order valence-corrected chi connectivity index (χ1v) is 7.08. The van der Waals surface area contributed by atoms with E-state index in [0.29, 0.717) is 12.2 Å². The highest BCUT2D eigenvalue weighted by Crippen LogP contribution is 2.19. The number of nitrogens with one attached hydrogen (secondary N) is 1. The summed E-state index contributed by atoms with van der Waals surface area (Å²) in [5.74, 6) is -0.142. The third-order valence-corrected chi connectivity index (χ3v) is 3.82. The summed E-state index contributed by atoms with van der Waals surface area (Å²) in [5.41, 5.74) is 2.67. The molecule has 1 aromatic heterocycles. The zero-order chi connectivity index (χ0) is 13.1. The van der Waals surface area contributed by atoms with E-state index in [0.717, 1.165) is 38.0 Å². The molecule has 0 aromatic carbocycles. The van der Waals surface area contributed by atoms with Crippen LogP contribution in [0.15, 0.2) is 6.07 Å². The molecular weight excluding hydrogens is 242 g/mol. The zero-order valence-electron chi connectivity index (χ0n) is 11.0. The summed E-state index contributed by atoms with van der Waals surface area (Å²) in [7, 11) is 0. The summed E-state index contributed by atoms with van der Waals surface area (Å²) in [4.78, 5) is 12.0. The van der Waals surface area contributed by atoms with E-state index in [1.807, 2.05) is 6.07 Å². The lowest BCUT2D eigenvalue weighted by Gasteiger charge is -2.15. The molecule has 0 radical (unpaired) electrons. The fourth-order valence-electron chi connectivity index (χ4n) is 2.70. The lowest BCUT2D eigenvalue weighted by molar-refractivity contribution is 0.0852. The third-order valence-electron chi connectivity index (χ3n) is 3.82. The van der Waals surface area contributed by atoms with Crippen LogP contribution in [0.25, 0.3) is 0 Å². The third kappa shape index (κ3) is 2.92. The molecule has 0 bridgehead atoms. The quantitative estimate of drug-likeness (QED) is 0.889. The minimum Gasteiger partial charge on any atom is -0.376 e. The van der Waals surface area contributed by atoms with Crippen molar-refractivity contribution in [2.75, 3.05) is 13.2 Å². The van der Waals surface area contributed by atoms with E-state index in [2.05, 4.69) is 15.5 Å². The van der Waals surface area contributed by atoms with Gasteiger partial charge in [-0.15, -0.1) is 5.10 Å². The van der Waals surface area contributed by atoms with Crippen molar-refractivity contribution in [3.8, 4) is 0 Å². The highest BCUT2D eigenvalue weighted by molar-refractivity contribution is 5.92. The van der Waals surface area contributed by atoms with Crippen LogP contribution in [0.5, 0.6) is 0 Å². The molecule has 2 heterocycles. The fourth-order valence-corrected chi connectivity index (χ4v) is 2.70. The summed E-state index contributed by atoms with van der Waals surface area (Å²) in [6, 6.07) is 1.90. The Morgan fingerprint density at radius 2 is 2.21 bits per heavy atom. The molecule has 19 heavy (non-hydrogen) atoms. The largest absolute Gasteiger partial charge is 0.376 e. The van der Waals surface area contributed by atoms with Gasteiger partial charge in [-0.2, -0.15) is 5.10 Å². The van der Waals surface area contributed by atoms with E-state index in [-0.39, 0.29) is 12.0 Å². The predicted octanol–water partition coefficient (Wildman–Crippen LogP) is 1.26. The second-order valence-corrected chi connectivity index (χ2v) is 5.25. The van der Waals surface area contributed by atoms with E-state index in [9.17, 15) is 4.79 Å². The number of aromatic nitrogens is 2. The first-order valence-electron chi connectivity index (χ1n) is 7.08. The maximum absolute atomic E-state index is 12.0. The molecule has 102 valence electrons. The molecule has 1 aliphatic carbocycles. The van der Waals surface area contributed by atoms with Crippen molar-refractivity contribution < 1.29 is 9.53 Å². The van der Waals surface area contributed by atoms with Crippen LogP contribution in [0.1, 0.15) is 47.4 Å². The number of nitrogens with zero attached hydrogens (tertiary/aromatic N) is 2. The average Bonchev–Trinajstić information content (AvgIpc) is 2.97. The molecule has 1 fully saturated rings. The zero-order valence-corrected chi connectivity index (χ0v) is 11.0. The van der Waals surface area contributed by atoms with Crippen LogP contribution < -0.4 is 5.32 Å². The van der Waals surface area contributed by atoms with Gasteiger partial charge >= 0.3 is 0 Å². The summed E-state index contributed by atoms with van der Waals surface area (Å²) in [6.45, 7) is 1.37. The van der Waals surface area contributed by atoms with Gasteiger partial charge in [0, 0.05) is 13.2 Å². The first kappa shape index (κ1) is 12.5. The molecule has 2 aliphatic rings. The van der Waals surface area contributed by atoms with E-state index in [4.69, 9.17) is 4.74 Å². The van der Waals surface area contributed by atoms with Gasteiger partial charge in [-0.1, -0.05) is 0 Å². The summed E-state index contributed by atoms with van der Waals surface area (Å²) >= 11 is 0. The molecule has 1 aliphatic heterocycles. The van der Waals surface area contributed by atoms with Gasteiger partial charge in [0.2, 0.25) is 0 Å². The standard InChI is InChI=1S/C14H19N3O2/c18-14(15-9-11-5-3-7-19-11)13-8-10-4-1-2-6-12(10)16-17-13/h8,11H,1-7,9H2,(H,15,18). The highest BCUT2D eigenvalue weighted by Gasteiger charge is 2.19. The molecule has 1 atom stereocenters. The number of ether oxygens (including phenoxy) is 1. The highest BCUT2D eigenvalue weighted by atomic mass is 16.5. The molecule has 0 spiro atoms. The average molecular weight is 261 g/mol. The van der Waals surface area contributed by atoms with E-state index >= 15 is 0 Å². The van der Waals surface area contributed by atoms with Gasteiger partial charge in [0.25, 0.3) is 5.91 Å². The molecule has 1 unspecified atom stereocenters. The van der Waals surface area contributed by atoms with Gasteiger partial charge < -0.3 is 10.1 Å². The SMILES string of the molecule is O=C(NCC1CCCO1)c1cc2c(nn1)CCCC2. The van der Waals surface area contributed by atoms with Gasteiger partial charge in [-0.05, 0) is 50.2 Å². The Balaban J connectivity index is 1.62. The maximum Gasteiger partial charge on any atom is 0.271 e. The fraction of sp³-hybridized carbons (Fsp3) is 0.643.